The zero-order valence-corrected chi connectivity index (χ0v) is 16.8. The smallest absolute Gasteiger partial charge is 0.416 e. The molecule has 2 aromatic carbocycles. The molecule has 1 saturated heterocycles. The molecule has 1 aliphatic rings. The van der Waals surface area contributed by atoms with E-state index in [0.29, 0.717) is 19.4 Å². The average Bonchev–Trinajstić information content (AvgIpc) is 2.69. The Morgan fingerprint density at radius 3 is 2.60 bits per heavy atom. The summed E-state index contributed by atoms with van der Waals surface area (Å²) in [6, 6.07) is 5.81. The van der Waals surface area contributed by atoms with Crippen molar-refractivity contribution in [1.82, 2.24) is 4.90 Å². The highest BCUT2D eigenvalue weighted by Crippen LogP contribution is 2.42. The predicted molar refractivity (Wildman–Crippen MR) is 103 cm³/mol. The zero-order valence-electron chi connectivity index (χ0n) is 16.0. The van der Waals surface area contributed by atoms with Gasteiger partial charge in [0.25, 0.3) is 0 Å². The highest BCUT2D eigenvalue weighted by molar-refractivity contribution is 6.31. The van der Waals surface area contributed by atoms with Gasteiger partial charge in [-0.3, -0.25) is 9.69 Å². The number of hydrogen-bond donors (Lipinski definition) is 1. The first kappa shape index (κ1) is 22.4. The first-order valence-corrected chi connectivity index (χ1v) is 9.66. The van der Waals surface area contributed by atoms with Gasteiger partial charge >= 0.3 is 12.1 Å². The van der Waals surface area contributed by atoms with Crippen LogP contribution in [0, 0.1) is 11.7 Å². The number of hydrogen-bond acceptors (Lipinski definition) is 3. The lowest BCUT2D eigenvalue weighted by Gasteiger charge is -2.38. The summed E-state index contributed by atoms with van der Waals surface area (Å²) < 4.78 is 59.5. The summed E-state index contributed by atoms with van der Waals surface area (Å²) in [6.45, 7) is 0.507. The molecular weight excluding hydrogens is 426 g/mol. The van der Waals surface area contributed by atoms with Crippen molar-refractivity contribution in [3.8, 4) is 5.75 Å². The Bertz CT molecular complexity index is 935. The van der Waals surface area contributed by atoms with Crippen LogP contribution < -0.4 is 4.74 Å². The van der Waals surface area contributed by atoms with E-state index in [0.717, 1.165) is 18.2 Å². The summed E-state index contributed by atoms with van der Waals surface area (Å²) in [4.78, 5) is 13.3. The molecule has 3 rings (SSSR count). The molecule has 1 N–H and O–H groups in total. The molecule has 2 aromatic rings. The summed E-state index contributed by atoms with van der Waals surface area (Å²) >= 11 is 6.30. The summed E-state index contributed by atoms with van der Waals surface area (Å²) in [5.41, 5.74) is -0.500. The number of aliphatic carboxylic acids is 1. The van der Waals surface area contributed by atoms with Gasteiger partial charge in [-0.15, -0.1) is 0 Å². The molecule has 1 aliphatic heterocycles. The minimum Gasteiger partial charge on any atom is -0.496 e. The van der Waals surface area contributed by atoms with Crippen LogP contribution >= 0.6 is 11.6 Å². The Hall–Kier alpha value is -2.32. The second-order valence-electron chi connectivity index (χ2n) is 7.20. The molecule has 2 atom stereocenters. The third-order valence-electron chi connectivity index (χ3n) is 5.27. The fourth-order valence-electron chi connectivity index (χ4n) is 3.85. The lowest BCUT2D eigenvalue weighted by molar-refractivity contribution is -0.143. The Morgan fingerprint density at radius 2 is 1.97 bits per heavy atom. The SMILES string of the molecule is COc1ccc(F)cc1C(c1cc(C(F)(F)F)ccc1Cl)N1CCCC(C(=O)O)C1. The Kier molecular flexibility index (Phi) is 6.57. The third kappa shape index (κ3) is 4.70. The van der Waals surface area contributed by atoms with Crippen molar-refractivity contribution < 1.29 is 32.2 Å². The van der Waals surface area contributed by atoms with E-state index in [1.165, 1.54) is 25.3 Å². The van der Waals surface area contributed by atoms with Crippen LogP contribution in [0.15, 0.2) is 36.4 Å². The number of rotatable bonds is 5. The van der Waals surface area contributed by atoms with Crippen molar-refractivity contribution in [3.05, 3.63) is 63.9 Å². The van der Waals surface area contributed by atoms with Gasteiger partial charge in [0.1, 0.15) is 11.6 Å². The number of piperidine rings is 1. The highest BCUT2D eigenvalue weighted by atomic mass is 35.5. The standard InChI is InChI=1S/C21H20ClF4NO3/c1-30-18-7-5-14(23)10-16(18)19(27-8-2-3-12(11-27)20(28)29)15-9-13(21(24,25)26)4-6-17(15)22/h4-7,9-10,12,19H,2-3,8,11H2,1H3,(H,28,29). The number of halogens is 5. The molecule has 4 nitrogen and oxygen atoms in total. The molecule has 0 bridgehead atoms. The average molecular weight is 446 g/mol. The summed E-state index contributed by atoms with van der Waals surface area (Å²) in [5, 5.41) is 9.51. The molecule has 162 valence electrons. The van der Waals surface area contributed by atoms with E-state index >= 15 is 0 Å². The maximum Gasteiger partial charge on any atom is 0.416 e. The van der Waals surface area contributed by atoms with Crippen LogP contribution in [0.3, 0.4) is 0 Å². The van der Waals surface area contributed by atoms with Crippen molar-refractivity contribution in [2.75, 3.05) is 20.2 Å². The second kappa shape index (κ2) is 8.81. The van der Waals surface area contributed by atoms with Gasteiger partial charge in [-0.05, 0) is 61.3 Å². The van der Waals surface area contributed by atoms with Crippen LogP contribution in [0.2, 0.25) is 5.02 Å². The molecule has 0 aromatic heterocycles. The highest BCUT2D eigenvalue weighted by Gasteiger charge is 2.36. The van der Waals surface area contributed by atoms with Crippen LogP contribution in [0.5, 0.6) is 5.75 Å². The van der Waals surface area contributed by atoms with Crippen LogP contribution in [-0.4, -0.2) is 36.2 Å². The lowest BCUT2D eigenvalue weighted by atomic mass is 9.90. The van der Waals surface area contributed by atoms with Crippen molar-refractivity contribution in [1.29, 1.82) is 0 Å². The van der Waals surface area contributed by atoms with Crippen LogP contribution in [0.25, 0.3) is 0 Å². The summed E-state index contributed by atoms with van der Waals surface area (Å²) in [7, 11) is 1.37. The van der Waals surface area contributed by atoms with E-state index in [1.54, 1.807) is 4.90 Å². The maximum absolute atomic E-state index is 14.1. The van der Waals surface area contributed by atoms with E-state index in [2.05, 4.69) is 0 Å². The van der Waals surface area contributed by atoms with Gasteiger partial charge in [-0.1, -0.05) is 11.6 Å². The van der Waals surface area contributed by atoms with Gasteiger partial charge in [-0.2, -0.15) is 13.2 Å². The zero-order chi connectivity index (χ0) is 22.1. The number of nitrogens with zero attached hydrogens (tertiary/aromatic N) is 1. The number of methoxy groups -OCH3 is 1. The number of alkyl halides is 3. The van der Waals surface area contributed by atoms with Crippen LogP contribution in [0.4, 0.5) is 17.6 Å². The Balaban J connectivity index is 2.19. The molecule has 0 spiro atoms. The summed E-state index contributed by atoms with van der Waals surface area (Å²) in [5.74, 6) is -2.00. The van der Waals surface area contributed by atoms with E-state index in [9.17, 15) is 27.5 Å². The Morgan fingerprint density at radius 1 is 1.23 bits per heavy atom. The van der Waals surface area contributed by atoms with Crippen molar-refractivity contribution in [2.24, 2.45) is 5.92 Å². The summed E-state index contributed by atoms with van der Waals surface area (Å²) in [6.07, 6.45) is -3.61. The van der Waals surface area contributed by atoms with Crippen LogP contribution in [0.1, 0.15) is 35.6 Å². The first-order chi connectivity index (χ1) is 14.1. The number of benzene rings is 2. The molecule has 9 heteroatoms. The Labute approximate surface area is 176 Å². The van der Waals surface area contributed by atoms with Crippen molar-refractivity contribution in [3.63, 3.8) is 0 Å². The van der Waals surface area contributed by atoms with Gasteiger partial charge in [0.15, 0.2) is 0 Å². The number of carbonyl (C=O) groups is 1. The fourth-order valence-corrected chi connectivity index (χ4v) is 4.07. The largest absolute Gasteiger partial charge is 0.496 e. The quantitative estimate of drug-likeness (QED) is 0.627. The van der Waals surface area contributed by atoms with Gasteiger partial charge in [0.05, 0.1) is 24.6 Å². The van der Waals surface area contributed by atoms with Gasteiger partial charge in [0.2, 0.25) is 0 Å². The monoisotopic (exact) mass is 445 g/mol. The molecule has 1 heterocycles. The topological polar surface area (TPSA) is 49.8 Å². The number of carboxylic acid groups (broad SMARTS) is 1. The molecule has 0 saturated carbocycles. The van der Waals surface area contributed by atoms with Gasteiger partial charge in [0, 0.05) is 17.1 Å². The molecule has 1 fully saturated rings. The molecule has 2 unspecified atom stereocenters. The van der Waals surface area contributed by atoms with Crippen molar-refractivity contribution in [2.45, 2.75) is 25.1 Å². The number of ether oxygens (including phenoxy) is 1. The molecular formula is C21H20ClF4NO3. The molecule has 0 radical (unpaired) electrons. The first-order valence-electron chi connectivity index (χ1n) is 9.28. The van der Waals surface area contributed by atoms with Gasteiger partial charge in [-0.25, -0.2) is 4.39 Å². The lowest BCUT2D eigenvalue weighted by Crippen LogP contribution is -2.41. The molecule has 0 aliphatic carbocycles. The minimum absolute atomic E-state index is 0.0664. The normalized spacial score (nSPS) is 18.8. The third-order valence-corrected chi connectivity index (χ3v) is 5.62. The molecule has 30 heavy (non-hydrogen) atoms. The number of carboxylic acids is 1. The van der Waals surface area contributed by atoms with Crippen molar-refractivity contribution >= 4 is 17.6 Å². The molecule has 0 amide bonds. The van der Waals surface area contributed by atoms with E-state index in [4.69, 9.17) is 16.3 Å². The van der Waals surface area contributed by atoms with E-state index in [-0.39, 0.29) is 28.4 Å². The predicted octanol–water partition coefficient (Wildman–Crippen LogP) is 5.39. The van der Waals surface area contributed by atoms with E-state index in [1.807, 2.05) is 0 Å². The maximum atomic E-state index is 14.1. The van der Waals surface area contributed by atoms with Gasteiger partial charge < -0.3 is 9.84 Å². The van der Waals surface area contributed by atoms with Crippen LogP contribution in [-0.2, 0) is 11.0 Å². The van der Waals surface area contributed by atoms with E-state index < -0.39 is 35.5 Å². The fraction of sp³-hybridized carbons (Fsp3) is 0.381. The number of likely N-dealkylation sites (tertiary alicyclic amines) is 1. The second-order valence-corrected chi connectivity index (χ2v) is 7.60. The minimum atomic E-state index is -4.60.